The molecule has 3 aromatic heterocycles. The first kappa shape index (κ1) is 25.9. The summed E-state index contributed by atoms with van der Waals surface area (Å²) in [5.74, 6) is -0.178. The summed E-state index contributed by atoms with van der Waals surface area (Å²) < 4.78 is 35.0. The number of amides is 1. The summed E-state index contributed by atoms with van der Waals surface area (Å²) in [6.07, 6.45) is 5.10. The second-order valence-electron chi connectivity index (χ2n) is 10.0. The number of primary amides is 1. The summed E-state index contributed by atoms with van der Waals surface area (Å²) in [7, 11) is 0.855. The lowest BCUT2D eigenvalue weighted by Gasteiger charge is -2.17. The normalized spacial score (nSPS) is 15.1. The minimum Gasteiger partial charge on any atom is -0.494 e. The number of halogens is 1. The van der Waals surface area contributed by atoms with Gasteiger partial charge in [0.15, 0.2) is 17.3 Å². The average Bonchev–Trinajstić information content (AvgIpc) is 3.86. The van der Waals surface area contributed by atoms with Crippen LogP contribution in [0.2, 0.25) is 0 Å². The number of anilines is 4. The van der Waals surface area contributed by atoms with E-state index in [1.807, 2.05) is 25.2 Å². The van der Waals surface area contributed by atoms with Crippen molar-refractivity contribution in [3.8, 4) is 17.0 Å². The molecule has 2 fully saturated rings. The number of rotatable bonds is 10. The Labute approximate surface area is 229 Å². The molecule has 2 saturated carbocycles. The van der Waals surface area contributed by atoms with Gasteiger partial charge in [-0.3, -0.25) is 9.48 Å². The number of aryl methyl sites for hydroxylation is 1. The SMILES string of the molecule is COc1c(Nc2cc(Nc3ccc(F)cn3)nnc2C(N)=O)cccc1-c1cc(P(=O)(C2CC2)C2CC2)n(C)n1. The first-order valence-electron chi connectivity index (χ1n) is 12.9. The molecule has 2 aliphatic carbocycles. The van der Waals surface area contributed by atoms with E-state index in [-0.39, 0.29) is 28.5 Å². The molecule has 0 radical (unpaired) electrons. The fourth-order valence-electron chi connectivity index (χ4n) is 5.02. The maximum absolute atomic E-state index is 14.2. The van der Waals surface area contributed by atoms with E-state index >= 15 is 0 Å². The number of nitrogens with two attached hydrogens (primary N) is 1. The number of para-hydroxylation sites is 1. The van der Waals surface area contributed by atoms with Gasteiger partial charge in [-0.25, -0.2) is 9.37 Å². The number of hydrogen-bond donors (Lipinski definition) is 3. The first-order chi connectivity index (χ1) is 19.3. The summed E-state index contributed by atoms with van der Waals surface area (Å²) in [6, 6.07) is 11.7. The van der Waals surface area contributed by atoms with Crippen molar-refractivity contribution in [3.05, 3.63) is 60.2 Å². The summed E-state index contributed by atoms with van der Waals surface area (Å²) in [6.45, 7) is 0. The fraction of sp³-hybridized carbons (Fsp3) is 0.296. The molecule has 4 aromatic rings. The Bertz CT molecular complexity index is 1630. The van der Waals surface area contributed by atoms with Gasteiger partial charge in [0.1, 0.15) is 18.8 Å². The highest BCUT2D eigenvalue weighted by atomic mass is 31.2. The van der Waals surface area contributed by atoms with Gasteiger partial charge >= 0.3 is 0 Å². The van der Waals surface area contributed by atoms with Crippen LogP contribution in [0.15, 0.2) is 48.7 Å². The van der Waals surface area contributed by atoms with Crippen molar-refractivity contribution in [2.45, 2.75) is 37.0 Å². The molecule has 2 aliphatic rings. The van der Waals surface area contributed by atoms with Crippen LogP contribution in [0.1, 0.15) is 36.2 Å². The van der Waals surface area contributed by atoms with Crippen molar-refractivity contribution in [1.82, 2.24) is 25.0 Å². The Hall–Kier alpha value is -4.31. The van der Waals surface area contributed by atoms with Crippen LogP contribution in [-0.2, 0) is 11.6 Å². The number of benzene rings is 1. The van der Waals surface area contributed by atoms with Crippen LogP contribution >= 0.6 is 7.14 Å². The quantitative estimate of drug-likeness (QED) is 0.240. The monoisotopic (exact) mass is 562 g/mol. The molecule has 11 nitrogen and oxygen atoms in total. The van der Waals surface area contributed by atoms with E-state index in [1.165, 1.54) is 12.1 Å². The Balaban J connectivity index is 1.35. The van der Waals surface area contributed by atoms with E-state index in [0.29, 0.717) is 28.5 Å². The van der Waals surface area contributed by atoms with Gasteiger partial charge in [0.2, 0.25) is 0 Å². The van der Waals surface area contributed by atoms with Gasteiger partial charge in [-0.2, -0.15) is 5.10 Å². The summed E-state index contributed by atoms with van der Waals surface area (Å²) in [5, 5.41) is 18.8. The highest BCUT2D eigenvalue weighted by Crippen LogP contribution is 2.69. The fourth-order valence-corrected chi connectivity index (χ4v) is 9.02. The molecule has 3 heterocycles. The number of pyridine rings is 1. The predicted molar refractivity (Wildman–Crippen MR) is 150 cm³/mol. The smallest absolute Gasteiger partial charge is 0.271 e. The molecule has 206 valence electrons. The molecule has 40 heavy (non-hydrogen) atoms. The lowest BCUT2D eigenvalue weighted by molar-refractivity contribution is 0.0995. The van der Waals surface area contributed by atoms with Crippen LogP contribution in [0.4, 0.5) is 27.4 Å². The van der Waals surface area contributed by atoms with Crippen LogP contribution in [0, 0.1) is 5.82 Å². The largest absolute Gasteiger partial charge is 0.494 e. The van der Waals surface area contributed by atoms with Crippen molar-refractivity contribution in [3.63, 3.8) is 0 Å². The van der Waals surface area contributed by atoms with E-state index in [4.69, 9.17) is 15.6 Å². The van der Waals surface area contributed by atoms with Gasteiger partial charge in [0.25, 0.3) is 5.91 Å². The molecule has 6 rings (SSSR count). The lowest BCUT2D eigenvalue weighted by atomic mass is 10.1. The topological polar surface area (TPSA) is 150 Å². The van der Waals surface area contributed by atoms with Crippen LogP contribution in [-0.4, -0.2) is 49.3 Å². The maximum Gasteiger partial charge on any atom is 0.271 e. The van der Waals surface area contributed by atoms with Gasteiger partial charge in [-0.05, 0) is 56.0 Å². The zero-order chi connectivity index (χ0) is 28.0. The van der Waals surface area contributed by atoms with Crippen molar-refractivity contribution >= 4 is 41.5 Å². The number of methoxy groups -OCH3 is 1. The standard InChI is InChI=1S/C27H28FN8O3P/c1-36-24(40(38,16-7-8-16)17-9-10-17)13-20(35-36)18-4-3-5-19(26(18)39-2)31-21-12-23(33-34-25(21)27(29)37)32-22-11-6-15(28)14-30-22/h3-6,11-14,16-17H,7-10H2,1-2H3,(H2,29,37)(H2,30,31,32,33). The zero-order valence-corrected chi connectivity index (χ0v) is 22.9. The Kier molecular flexibility index (Phi) is 6.50. The zero-order valence-electron chi connectivity index (χ0n) is 22.0. The number of nitrogens with one attached hydrogen (secondary N) is 2. The first-order valence-corrected chi connectivity index (χ1v) is 14.8. The molecule has 1 amide bonds. The van der Waals surface area contributed by atoms with Crippen LogP contribution in [0.25, 0.3) is 11.3 Å². The van der Waals surface area contributed by atoms with E-state index < -0.39 is 18.9 Å². The van der Waals surface area contributed by atoms with Gasteiger partial charge in [-0.15, -0.1) is 10.2 Å². The summed E-state index contributed by atoms with van der Waals surface area (Å²) in [4.78, 5) is 16.1. The molecule has 0 bridgehead atoms. The molecule has 0 atom stereocenters. The number of hydrogen-bond acceptors (Lipinski definition) is 9. The van der Waals surface area contributed by atoms with Gasteiger partial charge in [-0.1, -0.05) is 6.07 Å². The Morgan fingerprint density at radius 2 is 1.80 bits per heavy atom. The van der Waals surface area contributed by atoms with Crippen molar-refractivity contribution in [1.29, 1.82) is 0 Å². The lowest BCUT2D eigenvalue weighted by Crippen LogP contribution is -2.20. The summed E-state index contributed by atoms with van der Waals surface area (Å²) >= 11 is 0. The second-order valence-corrected chi connectivity index (χ2v) is 13.4. The molecule has 0 aliphatic heterocycles. The van der Waals surface area contributed by atoms with Crippen LogP contribution in [0.5, 0.6) is 5.75 Å². The Morgan fingerprint density at radius 1 is 1.05 bits per heavy atom. The maximum atomic E-state index is 14.2. The predicted octanol–water partition coefficient (Wildman–Crippen LogP) is 4.32. The highest BCUT2D eigenvalue weighted by molar-refractivity contribution is 7.73. The van der Waals surface area contributed by atoms with Gasteiger partial charge in [0.05, 0.1) is 35.8 Å². The average molecular weight is 563 g/mol. The van der Waals surface area contributed by atoms with Crippen LogP contribution < -0.4 is 26.5 Å². The van der Waals surface area contributed by atoms with Gasteiger partial charge in [0, 0.05) is 30.0 Å². The van der Waals surface area contributed by atoms with Crippen molar-refractivity contribution < 1.29 is 18.5 Å². The third-order valence-corrected chi connectivity index (χ3v) is 11.5. The van der Waals surface area contributed by atoms with E-state index in [0.717, 1.165) is 37.3 Å². The number of carbonyl (C=O) groups is 1. The molecule has 0 saturated heterocycles. The minimum absolute atomic E-state index is 0.0833. The van der Waals surface area contributed by atoms with E-state index in [9.17, 15) is 13.8 Å². The molecule has 0 spiro atoms. The minimum atomic E-state index is -2.53. The molecular formula is C27H28FN8O3P. The Morgan fingerprint density at radius 3 is 2.42 bits per heavy atom. The molecule has 1 aromatic carbocycles. The molecular weight excluding hydrogens is 534 g/mol. The number of carbonyl (C=O) groups excluding carboxylic acids is 1. The highest BCUT2D eigenvalue weighted by Gasteiger charge is 2.53. The molecule has 13 heteroatoms. The van der Waals surface area contributed by atoms with E-state index in [2.05, 4.69) is 25.8 Å². The van der Waals surface area contributed by atoms with Crippen LogP contribution in [0.3, 0.4) is 0 Å². The van der Waals surface area contributed by atoms with Crippen molar-refractivity contribution in [2.24, 2.45) is 12.8 Å². The molecule has 0 unspecified atom stereocenters. The number of nitrogens with zero attached hydrogens (tertiary/aromatic N) is 5. The second kappa shape index (κ2) is 10.0. The summed E-state index contributed by atoms with van der Waals surface area (Å²) in [5.41, 5.74) is 8.97. The van der Waals surface area contributed by atoms with E-state index in [1.54, 1.807) is 23.9 Å². The van der Waals surface area contributed by atoms with Gasteiger partial charge < -0.3 is 25.7 Å². The van der Waals surface area contributed by atoms with Crippen molar-refractivity contribution in [2.75, 3.05) is 17.7 Å². The number of aromatic nitrogens is 5. The third kappa shape index (κ3) is 4.79. The third-order valence-electron chi connectivity index (χ3n) is 7.17. The molecule has 4 N–H and O–H groups in total. The number of ether oxygens (including phenoxy) is 1.